The zero-order chi connectivity index (χ0) is 29.7. The Labute approximate surface area is 263 Å². The number of fused-ring (bicyclic) bond motifs is 6. The molecule has 0 N–H and O–H groups in total. The summed E-state index contributed by atoms with van der Waals surface area (Å²) in [6, 6.07) is 50.3. The number of nitrogens with zero attached hydrogens (tertiary/aromatic N) is 4. The highest BCUT2D eigenvalue weighted by Crippen LogP contribution is 2.40. The molecule has 6 aromatic carbocycles. The van der Waals surface area contributed by atoms with Crippen LogP contribution in [0.2, 0.25) is 0 Å². The summed E-state index contributed by atoms with van der Waals surface area (Å²) in [5, 5.41) is 6.00. The van der Waals surface area contributed by atoms with Crippen molar-refractivity contribution < 1.29 is 0 Å². The lowest BCUT2D eigenvalue weighted by Crippen LogP contribution is -2.00. The van der Waals surface area contributed by atoms with Crippen LogP contribution in [0, 0.1) is 0 Å². The third kappa shape index (κ3) is 4.44. The fourth-order valence-corrected chi connectivity index (χ4v) is 7.26. The lowest BCUT2D eigenvalue weighted by Gasteiger charge is -2.12. The molecule has 0 radical (unpaired) electrons. The minimum atomic E-state index is 0.626. The molecule has 0 bridgehead atoms. The first-order valence-corrected chi connectivity index (χ1v) is 15.7. The zero-order valence-electron chi connectivity index (χ0n) is 24.1. The fraction of sp³-hybridized carbons (Fsp3) is 0. The van der Waals surface area contributed by atoms with E-state index in [0.717, 1.165) is 38.9 Å². The largest absolute Gasteiger partial charge is 0.247 e. The molecule has 0 aliphatic rings. The Kier molecular flexibility index (Phi) is 5.96. The third-order valence-electron chi connectivity index (χ3n) is 8.29. The normalized spacial score (nSPS) is 11.6. The molecule has 0 aliphatic heterocycles. The fourth-order valence-electron chi connectivity index (χ4n) is 6.14. The summed E-state index contributed by atoms with van der Waals surface area (Å²) >= 11 is 1.84. The first-order valence-electron chi connectivity index (χ1n) is 14.9. The van der Waals surface area contributed by atoms with E-state index in [1.54, 1.807) is 0 Å². The number of pyridine rings is 1. The molecule has 0 aliphatic carbocycles. The highest BCUT2D eigenvalue weighted by atomic mass is 32.1. The van der Waals surface area contributed by atoms with Crippen molar-refractivity contribution in [3.05, 3.63) is 146 Å². The van der Waals surface area contributed by atoms with Gasteiger partial charge in [-0.2, -0.15) is 0 Å². The van der Waals surface area contributed by atoms with Crippen LogP contribution in [0.1, 0.15) is 0 Å². The van der Waals surface area contributed by atoms with Crippen LogP contribution >= 0.6 is 11.3 Å². The van der Waals surface area contributed by atoms with E-state index in [4.69, 9.17) is 19.9 Å². The lowest BCUT2D eigenvalue weighted by molar-refractivity contribution is 1.07. The molecule has 0 fully saturated rings. The Morgan fingerprint density at radius 2 is 0.889 bits per heavy atom. The van der Waals surface area contributed by atoms with E-state index in [0.29, 0.717) is 17.5 Å². The van der Waals surface area contributed by atoms with Gasteiger partial charge in [0.25, 0.3) is 0 Å². The molecule has 0 atom stereocenters. The van der Waals surface area contributed by atoms with Crippen molar-refractivity contribution in [2.75, 3.05) is 0 Å². The summed E-state index contributed by atoms with van der Waals surface area (Å²) in [5.74, 6) is 1.92. The van der Waals surface area contributed by atoms with Gasteiger partial charge in [-0.25, -0.2) is 19.9 Å². The van der Waals surface area contributed by atoms with Gasteiger partial charge in [0.2, 0.25) is 0 Å². The highest BCUT2D eigenvalue weighted by Gasteiger charge is 2.16. The standard InChI is InChI=1S/C40H24N4S/c1-3-12-25(13-4-1)38-42-39(26-14-5-2-6-15-26)44-40(43-38)28-17-11-16-27(22-28)37-31-20-8-7-18-29(31)32-24-36-33(23-34(32)41-37)30-19-9-10-21-35(30)45-36/h1-24H. The van der Waals surface area contributed by atoms with Crippen LogP contribution in [0.4, 0.5) is 0 Å². The summed E-state index contributed by atoms with van der Waals surface area (Å²) in [5.41, 5.74) is 5.76. The number of hydrogen-bond acceptors (Lipinski definition) is 5. The molecule has 9 aromatic rings. The first-order chi connectivity index (χ1) is 22.3. The summed E-state index contributed by atoms with van der Waals surface area (Å²) in [6.07, 6.45) is 0. The molecule has 5 heteroatoms. The Morgan fingerprint density at radius 3 is 1.60 bits per heavy atom. The summed E-state index contributed by atoms with van der Waals surface area (Å²) in [4.78, 5) is 20.1. The molecular weight excluding hydrogens is 569 g/mol. The monoisotopic (exact) mass is 592 g/mol. The molecule has 0 saturated carbocycles. The van der Waals surface area contributed by atoms with Crippen molar-refractivity contribution in [2.24, 2.45) is 0 Å². The van der Waals surface area contributed by atoms with Gasteiger partial charge in [0.15, 0.2) is 17.5 Å². The van der Waals surface area contributed by atoms with Gasteiger partial charge >= 0.3 is 0 Å². The van der Waals surface area contributed by atoms with E-state index in [1.807, 2.05) is 72.0 Å². The lowest BCUT2D eigenvalue weighted by atomic mass is 9.98. The highest BCUT2D eigenvalue weighted by molar-refractivity contribution is 7.25. The minimum Gasteiger partial charge on any atom is -0.247 e. The van der Waals surface area contributed by atoms with Crippen LogP contribution in [-0.2, 0) is 0 Å². The molecule has 4 nitrogen and oxygen atoms in total. The van der Waals surface area contributed by atoms with E-state index in [1.165, 1.54) is 30.9 Å². The topological polar surface area (TPSA) is 51.6 Å². The number of rotatable bonds is 4. The second-order valence-electron chi connectivity index (χ2n) is 11.1. The van der Waals surface area contributed by atoms with E-state index in [2.05, 4.69) is 84.9 Å². The molecule has 0 unspecified atom stereocenters. The van der Waals surface area contributed by atoms with E-state index >= 15 is 0 Å². The van der Waals surface area contributed by atoms with Crippen molar-refractivity contribution in [3.8, 4) is 45.4 Å². The van der Waals surface area contributed by atoms with E-state index in [9.17, 15) is 0 Å². The van der Waals surface area contributed by atoms with Gasteiger partial charge in [0, 0.05) is 53.2 Å². The van der Waals surface area contributed by atoms with Crippen molar-refractivity contribution in [2.45, 2.75) is 0 Å². The van der Waals surface area contributed by atoms with Crippen molar-refractivity contribution in [1.29, 1.82) is 0 Å². The minimum absolute atomic E-state index is 0.626. The SMILES string of the molecule is c1ccc(-c2nc(-c3ccccc3)nc(-c3cccc(-c4nc5cc6c(cc5c5ccccc45)sc4ccccc46)c3)n2)cc1. The van der Waals surface area contributed by atoms with Crippen LogP contribution in [0.5, 0.6) is 0 Å². The molecular formula is C40H24N4S. The van der Waals surface area contributed by atoms with E-state index < -0.39 is 0 Å². The van der Waals surface area contributed by atoms with Gasteiger partial charge < -0.3 is 0 Å². The third-order valence-corrected chi connectivity index (χ3v) is 9.43. The molecule has 9 rings (SSSR count). The average molecular weight is 593 g/mol. The molecule has 45 heavy (non-hydrogen) atoms. The Hall–Kier alpha value is -5.78. The Balaban J connectivity index is 1.25. The number of thiophene rings is 1. The number of benzene rings is 6. The predicted molar refractivity (Wildman–Crippen MR) is 187 cm³/mol. The quantitative estimate of drug-likeness (QED) is 0.191. The smallest absolute Gasteiger partial charge is 0.164 e. The zero-order valence-corrected chi connectivity index (χ0v) is 24.9. The molecule has 3 aromatic heterocycles. The Morgan fingerprint density at radius 1 is 0.333 bits per heavy atom. The summed E-state index contributed by atoms with van der Waals surface area (Å²) < 4.78 is 2.57. The molecule has 0 saturated heterocycles. The van der Waals surface area contributed by atoms with Gasteiger partial charge in [-0.15, -0.1) is 11.3 Å². The summed E-state index contributed by atoms with van der Waals surface area (Å²) in [6.45, 7) is 0. The van der Waals surface area contributed by atoms with Crippen LogP contribution in [-0.4, -0.2) is 19.9 Å². The number of aromatic nitrogens is 4. The molecule has 0 amide bonds. The first kappa shape index (κ1) is 25.7. The van der Waals surface area contributed by atoms with Gasteiger partial charge in [0.1, 0.15) is 0 Å². The van der Waals surface area contributed by atoms with Crippen molar-refractivity contribution in [1.82, 2.24) is 19.9 Å². The molecule has 3 heterocycles. The maximum atomic E-state index is 5.33. The molecule has 210 valence electrons. The second-order valence-corrected chi connectivity index (χ2v) is 12.2. The van der Waals surface area contributed by atoms with Crippen LogP contribution in [0.25, 0.3) is 87.3 Å². The van der Waals surface area contributed by atoms with E-state index in [-0.39, 0.29) is 0 Å². The van der Waals surface area contributed by atoms with Gasteiger partial charge in [-0.3, -0.25) is 0 Å². The van der Waals surface area contributed by atoms with Crippen LogP contribution in [0.15, 0.2) is 146 Å². The second kappa shape index (κ2) is 10.4. The maximum Gasteiger partial charge on any atom is 0.164 e. The Bertz CT molecular complexity index is 2480. The van der Waals surface area contributed by atoms with Crippen LogP contribution < -0.4 is 0 Å². The van der Waals surface area contributed by atoms with Crippen LogP contribution in [0.3, 0.4) is 0 Å². The number of hydrogen-bond donors (Lipinski definition) is 0. The van der Waals surface area contributed by atoms with Gasteiger partial charge in [-0.1, -0.05) is 121 Å². The predicted octanol–water partition coefficient (Wildman–Crippen LogP) is 10.6. The summed E-state index contributed by atoms with van der Waals surface area (Å²) in [7, 11) is 0. The van der Waals surface area contributed by atoms with Crippen molar-refractivity contribution >= 4 is 53.2 Å². The van der Waals surface area contributed by atoms with Crippen molar-refractivity contribution in [3.63, 3.8) is 0 Å². The van der Waals surface area contributed by atoms with Gasteiger partial charge in [-0.05, 0) is 29.7 Å². The average Bonchev–Trinajstić information content (AvgIpc) is 3.48. The van der Waals surface area contributed by atoms with Gasteiger partial charge in [0.05, 0.1) is 11.2 Å². The molecule has 0 spiro atoms. The maximum absolute atomic E-state index is 5.33.